The number of rotatable bonds is 6. The first-order valence-electron chi connectivity index (χ1n) is 7.59. The third kappa shape index (κ3) is 3.70. The standard InChI is InChI=1S/C17H22N2O4/c1-10(2)16(20)18-8-7-11-9-12-13(22-3)5-6-14(23-4)15(12)19-17(11)21/h5-6,9-10,12H,7-8H2,1-4H3,(H,18,20). The van der Waals surface area contributed by atoms with Crippen molar-refractivity contribution < 1.29 is 19.1 Å². The van der Waals surface area contributed by atoms with Gasteiger partial charge in [-0.05, 0) is 18.6 Å². The van der Waals surface area contributed by atoms with E-state index in [-0.39, 0.29) is 23.7 Å². The zero-order chi connectivity index (χ0) is 17.0. The molecule has 1 heterocycles. The van der Waals surface area contributed by atoms with E-state index < -0.39 is 0 Å². The lowest BCUT2D eigenvalue weighted by Crippen LogP contribution is -2.31. The highest BCUT2D eigenvalue weighted by atomic mass is 16.5. The van der Waals surface area contributed by atoms with E-state index in [0.717, 1.165) is 0 Å². The van der Waals surface area contributed by atoms with E-state index in [1.165, 1.54) is 0 Å². The molecule has 0 fully saturated rings. The second kappa shape index (κ2) is 7.26. The topological polar surface area (TPSA) is 77.0 Å². The Bertz CT molecular complexity index is 627. The first kappa shape index (κ1) is 17.0. The van der Waals surface area contributed by atoms with Crippen LogP contribution in [0, 0.1) is 11.8 Å². The summed E-state index contributed by atoms with van der Waals surface area (Å²) >= 11 is 0. The highest BCUT2D eigenvalue weighted by Crippen LogP contribution is 2.30. The van der Waals surface area contributed by atoms with Crippen molar-refractivity contribution in [3.05, 3.63) is 35.3 Å². The predicted octanol–water partition coefficient (Wildman–Crippen LogP) is 1.75. The fourth-order valence-electron chi connectivity index (χ4n) is 2.46. The van der Waals surface area contributed by atoms with E-state index in [2.05, 4.69) is 10.3 Å². The lowest BCUT2D eigenvalue weighted by Gasteiger charge is -2.26. The highest BCUT2D eigenvalue weighted by molar-refractivity contribution is 6.15. The van der Waals surface area contributed by atoms with Crippen LogP contribution in [0.1, 0.15) is 20.3 Å². The van der Waals surface area contributed by atoms with Crippen LogP contribution >= 0.6 is 0 Å². The molecule has 2 amide bonds. The quantitative estimate of drug-likeness (QED) is 0.809. The average Bonchev–Trinajstić information content (AvgIpc) is 2.54. The number of ether oxygens (including phenoxy) is 2. The Morgan fingerprint density at radius 3 is 2.65 bits per heavy atom. The van der Waals surface area contributed by atoms with Gasteiger partial charge >= 0.3 is 0 Å². The summed E-state index contributed by atoms with van der Waals surface area (Å²) in [5.41, 5.74) is 1.13. The number of fused-ring (bicyclic) bond motifs is 1. The van der Waals surface area contributed by atoms with Gasteiger partial charge in [0.1, 0.15) is 17.2 Å². The lowest BCUT2D eigenvalue weighted by molar-refractivity contribution is -0.124. The molecule has 0 radical (unpaired) electrons. The molecule has 0 saturated carbocycles. The summed E-state index contributed by atoms with van der Waals surface area (Å²) in [5, 5.41) is 2.80. The minimum atomic E-state index is -0.296. The second-order valence-corrected chi connectivity index (χ2v) is 5.68. The smallest absolute Gasteiger partial charge is 0.273 e. The summed E-state index contributed by atoms with van der Waals surface area (Å²) in [6.45, 7) is 4.06. The van der Waals surface area contributed by atoms with Crippen LogP contribution in [0.15, 0.2) is 40.3 Å². The Morgan fingerprint density at radius 1 is 1.30 bits per heavy atom. The van der Waals surface area contributed by atoms with Crippen LogP contribution in [0.3, 0.4) is 0 Å². The van der Waals surface area contributed by atoms with Gasteiger partial charge in [-0.2, -0.15) is 0 Å². The van der Waals surface area contributed by atoms with Crippen molar-refractivity contribution in [2.75, 3.05) is 20.8 Å². The number of hydrogen-bond acceptors (Lipinski definition) is 4. The molecule has 124 valence electrons. The van der Waals surface area contributed by atoms with Crippen molar-refractivity contribution in [3.63, 3.8) is 0 Å². The van der Waals surface area contributed by atoms with Gasteiger partial charge in [0, 0.05) is 18.0 Å². The summed E-state index contributed by atoms with van der Waals surface area (Å²) in [6, 6.07) is 0. The molecule has 1 aliphatic carbocycles. The van der Waals surface area contributed by atoms with Gasteiger partial charge in [0.05, 0.1) is 20.1 Å². The summed E-state index contributed by atoms with van der Waals surface area (Å²) in [5.74, 6) is 0.640. The maximum absolute atomic E-state index is 12.2. The molecule has 6 heteroatoms. The van der Waals surface area contributed by atoms with E-state index in [9.17, 15) is 9.59 Å². The first-order chi connectivity index (χ1) is 11.0. The molecule has 1 unspecified atom stereocenters. The molecular weight excluding hydrogens is 296 g/mol. The Labute approximate surface area is 135 Å². The van der Waals surface area contributed by atoms with E-state index in [1.54, 1.807) is 20.3 Å². The summed E-state index contributed by atoms with van der Waals surface area (Å²) in [4.78, 5) is 27.9. The number of carbonyl (C=O) groups is 2. The number of dihydropyridines is 1. The summed E-state index contributed by atoms with van der Waals surface area (Å²) in [6.07, 6.45) is 5.83. The van der Waals surface area contributed by atoms with Gasteiger partial charge in [-0.25, -0.2) is 4.99 Å². The van der Waals surface area contributed by atoms with Crippen LogP contribution in [0.4, 0.5) is 0 Å². The molecule has 6 nitrogen and oxygen atoms in total. The van der Waals surface area contributed by atoms with Crippen LogP contribution < -0.4 is 5.32 Å². The number of methoxy groups -OCH3 is 2. The van der Waals surface area contributed by atoms with Gasteiger partial charge in [0.25, 0.3) is 5.91 Å². The lowest BCUT2D eigenvalue weighted by atomic mass is 9.89. The molecule has 2 aliphatic rings. The Kier molecular flexibility index (Phi) is 5.36. The monoisotopic (exact) mass is 318 g/mol. The van der Waals surface area contributed by atoms with Crippen LogP contribution in [0.5, 0.6) is 0 Å². The Balaban J connectivity index is 2.12. The first-order valence-corrected chi connectivity index (χ1v) is 7.59. The number of nitrogens with one attached hydrogen (secondary N) is 1. The SMILES string of the molecule is COC1=CC=C(OC)C2C=C(CCNC(=O)C(C)C)C(=O)N=C12. The van der Waals surface area contributed by atoms with Gasteiger partial charge < -0.3 is 14.8 Å². The third-order valence-electron chi connectivity index (χ3n) is 3.79. The third-order valence-corrected chi connectivity index (χ3v) is 3.79. The molecular formula is C17H22N2O4. The van der Waals surface area contributed by atoms with Crippen molar-refractivity contribution >= 4 is 17.5 Å². The van der Waals surface area contributed by atoms with Crippen molar-refractivity contribution in [1.82, 2.24) is 5.32 Å². The summed E-state index contributed by atoms with van der Waals surface area (Å²) in [7, 11) is 3.13. The van der Waals surface area contributed by atoms with Crippen molar-refractivity contribution in [2.24, 2.45) is 16.8 Å². The van der Waals surface area contributed by atoms with Crippen molar-refractivity contribution in [3.8, 4) is 0 Å². The zero-order valence-corrected chi connectivity index (χ0v) is 13.9. The predicted molar refractivity (Wildman–Crippen MR) is 86.7 cm³/mol. The molecule has 2 rings (SSSR count). The van der Waals surface area contributed by atoms with E-state index in [1.807, 2.05) is 26.0 Å². The molecule has 1 N–H and O–H groups in total. The van der Waals surface area contributed by atoms with Gasteiger partial charge in [0.15, 0.2) is 0 Å². The number of carbonyl (C=O) groups excluding carboxylic acids is 2. The minimum Gasteiger partial charge on any atom is -0.500 e. The van der Waals surface area contributed by atoms with Gasteiger partial charge in [-0.1, -0.05) is 19.9 Å². The molecule has 1 atom stereocenters. The fraction of sp³-hybridized carbons (Fsp3) is 0.471. The second-order valence-electron chi connectivity index (χ2n) is 5.68. The molecule has 0 spiro atoms. The van der Waals surface area contributed by atoms with Crippen LogP contribution in [0.25, 0.3) is 0 Å². The largest absolute Gasteiger partial charge is 0.500 e. The van der Waals surface area contributed by atoms with E-state index in [4.69, 9.17) is 9.47 Å². The van der Waals surface area contributed by atoms with Gasteiger partial charge in [-0.3, -0.25) is 9.59 Å². The number of nitrogens with zero attached hydrogens (tertiary/aromatic N) is 1. The van der Waals surface area contributed by atoms with Gasteiger partial charge in [-0.15, -0.1) is 0 Å². The normalized spacial score (nSPS) is 20.0. The van der Waals surface area contributed by atoms with Crippen LogP contribution in [-0.4, -0.2) is 38.3 Å². The number of amides is 2. The van der Waals surface area contributed by atoms with Crippen molar-refractivity contribution in [2.45, 2.75) is 20.3 Å². The maximum Gasteiger partial charge on any atom is 0.273 e. The molecule has 0 bridgehead atoms. The average molecular weight is 318 g/mol. The Morgan fingerprint density at radius 2 is 2.04 bits per heavy atom. The van der Waals surface area contributed by atoms with Crippen LogP contribution in [-0.2, 0) is 19.1 Å². The molecule has 1 aliphatic heterocycles. The number of aliphatic imine (C=N–C) groups is 1. The number of hydrogen-bond donors (Lipinski definition) is 1. The fourth-order valence-corrected chi connectivity index (χ4v) is 2.46. The molecule has 0 saturated heterocycles. The molecule has 23 heavy (non-hydrogen) atoms. The van der Waals surface area contributed by atoms with Crippen molar-refractivity contribution in [1.29, 1.82) is 0 Å². The Hall–Kier alpha value is -2.37. The minimum absolute atomic E-state index is 0.0298. The maximum atomic E-state index is 12.2. The highest BCUT2D eigenvalue weighted by Gasteiger charge is 2.32. The van der Waals surface area contributed by atoms with E-state index >= 15 is 0 Å². The summed E-state index contributed by atoms with van der Waals surface area (Å²) < 4.78 is 10.6. The molecule has 0 aromatic rings. The van der Waals surface area contributed by atoms with Gasteiger partial charge in [0.2, 0.25) is 5.91 Å². The number of allylic oxidation sites excluding steroid dienone is 4. The van der Waals surface area contributed by atoms with Crippen LogP contribution in [0.2, 0.25) is 0 Å². The molecule has 0 aromatic carbocycles. The zero-order valence-electron chi connectivity index (χ0n) is 13.9. The van der Waals surface area contributed by atoms with E-state index in [0.29, 0.717) is 35.8 Å². The molecule has 0 aromatic heterocycles.